The summed E-state index contributed by atoms with van der Waals surface area (Å²) in [4.78, 5) is 13.8. The predicted octanol–water partition coefficient (Wildman–Crippen LogP) is 2.59. The number of nitrogens with zero attached hydrogens (tertiary/aromatic N) is 1. The average molecular weight is 309 g/mol. The van der Waals surface area contributed by atoms with Crippen LogP contribution in [-0.2, 0) is 11.3 Å². The highest BCUT2D eigenvalue weighted by atomic mass is 35.5. The lowest BCUT2D eigenvalue weighted by Crippen LogP contribution is -2.33. The van der Waals surface area contributed by atoms with Crippen molar-refractivity contribution in [1.29, 1.82) is 0 Å². The van der Waals surface area contributed by atoms with E-state index in [1.807, 2.05) is 19.2 Å². The number of hydrogen-bond acceptors (Lipinski definition) is 3. The summed E-state index contributed by atoms with van der Waals surface area (Å²) in [6, 6.07) is 6.73. The third kappa shape index (κ3) is 3.89. The molecule has 0 atom stereocenters. The van der Waals surface area contributed by atoms with Crippen molar-refractivity contribution in [2.24, 2.45) is 0 Å². The van der Waals surface area contributed by atoms with Crippen LogP contribution in [-0.4, -0.2) is 36.5 Å². The average Bonchev–Trinajstić information content (AvgIpc) is 3.36. The van der Waals surface area contributed by atoms with Crippen molar-refractivity contribution in [3.8, 4) is 5.75 Å². The number of amides is 1. The van der Waals surface area contributed by atoms with Gasteiger partial charge in [0.2, 0.25) is 0 Å². The van der Waals surface area contributed by atoms with Crippen LogP contribution >= 0.6 is 11.6 Å². The molecule has 1 aromatic carbocycles. The van der Waals surface area contributed by atoms with Gasteiger partial charge < -0.3 is 15.0 Å². The minimum atomic E-state index is 0.0125. The Morgan fingerprint density at radius 1 is 1.38 bits per heavy atom. The number of likely N-dealkylation sites (N-methyl/N-ethyl adjacent to an activating group) is 1. The van der Waals surface area contributed by atoms with E-state index in [1.165, 1.54) is 12.8 Å². The van der Waals surface area contributed by atoms with Crippen LogP contribution in [0.2, 0.25) is 5.02 Å². The minimum absolute atomic E-state index is 0.0125. The van der Waals surface area contributed by atoms with Crippen molar-refractivity contribution in [2.45, 2.75) is 44.3 Å². The lowest BCUT2D eigenvalue weighted by atomic mass is 10.2. The fourth-order valence-corrected chi connectivity index (χ4v) is 2.55. The van der Waals surface area contributed by atoms with E-state index in [9.17, 15) is 4.79 Å². The van der Waals surface area contributed by atoms with Gasteiger partial charge in [-0.1, -0.05) is 23.7 Å². The highest BCUT2D eigenvalue weighted by Gasteiger charge is 2.29. The van der Waals surface area contributed by atoms with Gasteiger partial charge in [0.25, 0.3) is 5.91 Å². The van der Waals surface area contributed by atoms with Gasteiger partial charge in [0.1, 0.15) is 5.75 Å². The Labute approximate surface area is 130 Å². The fraction of sp³-hybridized carbons (Fsp3) is 0.562. The van der Waals surface area contributed by atoms with Gasteiger partial charge in [-0.2, -0.15) is 0 Å². The van der Waals surface area contributed by atoms with E-state index < -0.39 is 0 Å². The smallest absolute Gasteiger partial charge is 0.260 e. The number of hydrogen-bond donors (Lipinski definition) is 1. The summed E-state index contributed by atoms with van der Waals surface area (Å²) in [6.45, 7) is 0.778. The quantitative estimate of drug-likeness (QED) is 0.842. The molecule has 1 N–H and O–H groups in total. The molecule has 2 aliphatic rings. The number of benzene rings is 1. The molecule has 0 unspecified atom stereocenters. The van der Waals surface area contributed by atoms with Gasteiger partial charge >= 0.3 is 0 Å². The molecule has 3 rings (SSSR count). The third-order valence-corrected chi connectivity index (χ3v) is 4.33. The van der Waals surface area contributed by atoms with Crippen LogP contribution in [0.4, 0.5) is 0 Å². The monoisotopic (exact) mass is 308 g/mol. The number of rotatable bonds is 7. The van der Waals surface area contributed by atoms with Crippen molar-refractivity contribution in [2.75, 3.05) is 13.7 Å². The van der Waals surface area contributed by atoms with E-state index in [0.29, 0.717) is 22.9 Å². The molecule has 5 heteroatoms. The van der Waals surface area contributed by atoms with Crippen molar-refractivity contribution in [3.63, 3.8) is 0 Å². The van der Waals surface area contributed by atoms with Gasteiger partial charge in [-0.3, -0.25) is 4.79 Å². The highest BCUT2D eigenvalue weighted by molar-refractivity contribution is 6.32. The third-order valence-electron chi connectivity index (χ3n) is 4.04. The van der Waals surface area contributed by atoms with Gasteiger partial charge in [-0.25, -0.2) is 0 Å². The second-order valence-electron chi connectivity index (χ2n) is 5.91. The number of para-hydroxylation sites is 1. The molecule has 0 aromatic heterocycles. The molecule has 2 saturated carbocycles. The molecule has 0 saturated heterocycles. The zero-order valence-electron chi connectivity index (χ0n) is 12.3. The minimum Gasteiger partial charge on any atom is -0.482 e. The molecule has 1 aromatic rings. The van der Waals surface area contributed by atoms with Crippen LogP contribution in [0.1, 0.15) is 31.2 Å². The molecule has 21 heavy (non-hydrogen) atoms. The Hall–Kier alpha value is -1.26. The summed E-state index contributed by atoms with van der Waals surface area (Å²) in [5.41, 5.74) is 1.01. The van der Waals surface area contributed by atoms with Crippen LogP contribution in [0.5, 0.6) is 5.75 Å². The lowest BCUT2D eigenvalue weighted by molar-refractivity contribution is -0.132. The summed E-state index contributed by atoms with van der Waals surface area (Å²) < 4.78 is 5.72. The Balaban J connectivity index is 1.60. The summed E-state index contributed by atoms with van der Waals surface area (Å²) in [7, 11) is 1.84. The van der Waals surface area contributed by atoms with Gasteiger partial charge in [-0.05, 0) is 31.7 Å². The topological polar surface area (TPSA) is 41.6 Å². The van der Waals surface area contributed by atoms with Crippen LogP contribution in [0.25, 0.3) is 0 Å². The summed E-state index contributed by atoms with van der Waals surface area (Å²) in [6.07, 6.45) is 4.68. The van der Waals surface area contributed by atoms with Crippen LogP contribution in [0, 0.1) is 0 Å². The Morgan fingerprint density at radius 3 is 2.81 bits per heavy atom. The Morgan fingerprint density at radius 2 is 2.14 bits per heavy atom. The number of nitrogens with one attached hydrogen (secondary N) is 1. The number of halogens is 1. The zero-order chi connectivity index (χ0) is 14.8. The molecule has 0 radical (unpaired) electrons. The van der Waals surface area contributed by atoms with Gasteiger partial charge in [0.15, 0.2) is 6.61 Å². The molecule has 0 aliphatic heterocycles. The van der Waals surface area contributed by atoms with E-state index in [-0.39, 0.29) is 12.5 Å². The van der Waals surface area contributed by atoms with Crippen molar-refractivity contribution in [1.82, 2.24) is 10.2 Å². The van der Waals surface area contributed by atoms with E-state index >= 15 is 0 Å². The maximum atomic E-state index is 12.0. The van der Waals surface area contributed by atoms with Crippen molar-refractivity contribution < 1.29 is 9.53 Å². The van der Waals surface area contributed by atoms with Crippen LogP contribution in [0.3, 0.4) is 0 Å². The SMILES string of the molecule is CN(C(=O)COc1c(Cl)cccc1CNC1CC1)C1CC1. The molecule has 0 heterocycles. The standard InChI is InChI=1S/C16H21ClN2O2/c1-19(13-7-8-13)15(20)10-21-16-11(3-2-4-14(16)17)9-18-12-5-6-12/h2-4,12-13,18H,5-10H2,1H3. The number of carbonyl (C=O) groups excluding carboxylic acids is 1. The van der Waals surface area contributed by atoms with E-state index in [0.717, 1.165) is 24.9 Å². The number of carbonyl (C=O) groups is 1. The van der Waals surface area contributed by atoms with Crippen molar-refractivity contribution in [3.05, 3.63) is 28.8 Å². The highest BCUT2D eigenvalue weighted by Crippen LogP contribution is 2.30. The first-order valence-corrected chi connectivity index (χ1v) is 7.92. The second-order valence-corrected chi connectivity index (χ2v) is 6.31. The molecule has 114 valence electrons. The molecule has 0 spiro atoms. The maximum Gasteiger partial charge on any atom is 0.260 e. The molecular weight excluding hydrogens is 288 g/mol. The largest absolute Gasteiger partial charge is 0.482 e. The first-order chi connectivity index (χ1) is 10.1. The van der Waals surface area contributed by atoms with Crippen LogP contribution < -0.4 is 10.1 Å². The molecule has 0 bridgehead atoms. The molecule has 2 aliphatic carbocycles. The first kappa shape index (κ1) is 14.7. The van der Waals surface area contributed by atoms with Crippen LogP contribution in [0.15, 0.2) is 18.2 Å². The second kappa shape index (κ2) is 6.24. The van der Waals surface area contributed by atoms with E-state index in [1.54, 1.807) is 11.0 Å². The van der Waals surface area contributed by atoms with E-state index in [2.05, 4.69) is 5.32 Å². The van der Waals surface area contributed by atoms with Gasteiger partial charge in [0.05, 0.1) is 5.02 Å². The van der Waals surface area contributed by atoms with Crippen molar-refractivity contribution >= 4 is 17.5 Å². The van der Waals surface area contributed by atoms with Gasteiger partial charge in [-0.15, -0.1) is 0 Å². The Bertz CT molecular complexity index is 527. The molecular formula is C16H21ClN2O2. The zero-order valence-corrected chi connectivity index (χ0v) is 13.0. The molecule has 1 amide bonds. The molecule has 2 fully saturated rings. The molecule has 4 nitrogen and oxygen atoms in total. The predicted molar refractivity (Wildman–Crippen MR) is 82.6 cm³/mol. The van der Waals surface area contributed by atoms with E-state index in [4.69, 9.17) is 16.3 Å². The number of ether oxygens (including phenoxy) is 1. The first-order valence-electron chi connectivity index (χ1n) is 7.54. The van der Waals surface area contributed by atoms with Gasteiger partial charge in [0, 0.05) is 31.2 Å². The Kier molecular flexibility index (Phi) is 4.36. The normalized spacial score (nSPS) is 17.6. The summed E-state index contributed by atoms with van der Waals surface area (Å²) >= 11 is 6.22. The summed E-state index contributed by atoms with van der Waals surface area (Å²) in [5, 5.41) is 4.01. The lowest BCUT2D eigenvalue weighted by Gasteiger charge is -2.18. The maximum absolute atomic E-state index is 12.0. The fourth-order valence-electron chi connectivity index (χ4n) is 2.30. The summed E-state index contributed by atoms with van der Waals surface area (Å²) in [5.74, 6) is 0.642.